The SMILES string of the molecule is COc1cccc(O)c1C(C)NCCN1CCC(N(C)C)CC1. The van der Waals surface area contributed by atoms with Gasteiger partial charge >= 0.3 is 0 Å². The lowest BCUT2D eigenvalue weighted by molar-refractivity contribution is 0.145. The molecule has 1 atom stereocenters. The van der Waals surface area contributed by atoms with Crippen LogP contribution in [0.1, 0.15) is 31.4 Å². The van der Waals surface area contributed by atoms with E-state index in [4.69, 9.17) is 4.74 Å². The summed E-state index contributed by atoms with van der Waals surface area (Å²) >= 11 is 0. The summed E-state index contributed by atoms with van der Waals surface area (Å²) < 4.78 is 5.36. The number of ether oxygens (including phenoxy) is 1. The van der Waals surface area contributed by atoms with E-state index in [1.54, 1.807) is 19.2 Å². The minimum atomic E-state index is 0.0606. The molecular weight excluding hydrogens is 290 g/mol. The van der Waals surface area contributed by atoms with Gasteiger partial charge in [-0.05, 0) is 59.1 Å². The maximum absolute atomic E-state index is 10.1. The Labute approximate surface area is 140 Å². The lowest BCUT2D eigenvalue weighted by atomic mass is 10.0. The summed E-state index contributed by atoms with van der Waals surface area (Å²) in [6.07, 6.45) is 2.49. The number of hydrogen-bond donors (Lipinski definition) is 2. The number of aromatic hydroxyl groups is 1. The molecule has 1 aromatic rings. The van der Waals surface area contributed by atoms with Gasteiger partial charge in [-0.2, -0.15) is 0 Å². The molecule has 1 aromatic carbocycles. The van der Waals surface area contributed by atoms with Crippen LogP contribution in [0.15, 0.2) is 18.2 Å². The largest absolute Gasteiger partial charge is 0.507 e. The van der Waals surface area contributed by atoms with Gasteiger partial charge < -0.3 is 25.0 Å². The van der Waals surface area contributed by atoms with Gasteiger partial charge in [0.25, 0.3) is 0 Å². The number of methoxy groups -OCH3 is 1. The van der Waals surface area contributed by atoms with Gasteiger partial charge in [0.15, 0.2) is 0 Å². The average molecular weight is 321 g/mol. The quantitative estimate of drug-likeness (QED) is 0.805. The van der Waals surface area contributed by atoms with Gasteiger partial charge in [0.05, 0.1) is 12.7 Å². The van der Waals surface area contributed by atoms with E-state index in [1.165, 1.54) is 25.9 Å². The van der Waals surface area contributed by atoms with Gasteiger partial charge in [-0.15, -0.1) is 0 Å². The van der Waals surface area contributed by atoms with Gasteiger partial charge in [0.1, 0.15) is 11.5 Å². The van der Waals surface area contributed by atoms with Crippen molar-refractivity contribution in [2.75, 3.05) is 47.4 Å². The van der Waals surface area contributed by atoms with Crippen molar-refractivity contribution in [1.29, 1.82) is 0 Å². The van der Waals surface area contributed by atoms with Crippen molar-refractivity contribution in [1.82, 2.24) is 15.1 Å². The summed E-state index contributed by atoms with van der Waals surface area (Å²) in [6, 6.07) is 6.19. The fourth-order valence-electron chi connectivity index (χ4n) is 3.35. The molecule has 2 N–H and O–H groups in total. The summed E-state index contributed by atoms with van der Waals surface area (Å²) in [5, 5.41) is 13.6. The van der Waals surface area contributed by atoms with Crippen molar-refractivity contribution >= 4 is 0 Å². The van der Waals surface area contributed by atoms with Gasteiger partial charge in [-0.3, -0.25) is 0 Å². The Morgan fingerprint density at radius 1 is 1.35 bits per heavy atom. The standard InChI is InChI=1S/C18H31N3O2/c1-14(18-16(22)6-5-7-17(18)23-4)19-10-13-21-11-8-15(9-12-21)20(2)3/h5-7,14-15,19,22H,8-13H2,1-4H3. The molecule has 1 aliphatic heterocycles. The lowest BCUT2D eigenvalue weighted by Gasteiger charge is -2.35. The number of hydrogen-bond acceptors (Lipinski definition) is 5. The second-order valence-corrected chi connectivity index (χ2v) is 6.61. The number of benzene rings is 1. The molecule has 0 amide bonds. The molecule has 5 nitrogen and oxygen atoms in total. The molecule has 23 heavy (non-hydrogen) atoms. The first-order valence-corrected chi connectivity index (χ1v) is 8.51. The summed E-state index contributed by atoms with van der Waals surface area (Å²) in [5.74, 6) is 1.02. The van der Waals surface area contributed by atoms with E-state index in [0.29, 0.717) is 0 Å². The Bertz CT molecular complexity index is 485. The number of likely N-dealkylation sites (tertiary alicyclic amines) is 1. The molecule has 1 fully saturated rings. The van der Waals surface area contributed by atoms with E-state index < -0.39 is 0 Å². The highest BCUT2D eigenvalue weighted by Crippen LogP contribution is 2.32. The molecule has 0 spiro atoms. The minimum absolute atomic E-state index is 0.0606. The fourth-order valence-corrected chi connectivity index (χ4v) is 3.35. The highest BCUT2D eigenvalue weighted by molar-refractivity contribution is 5.45. The van der Waals surface area contributed by atoms with Crippen LogP contribution in [0.25, 0.3) is 0 Å². The molecule has 0 saturated carbocycles. The summed E-state index contributed by atoms with van der Waals surface area (Å²) in [6.45, 7) is 6.35. The van der Waals surface area contributed by atoms with E-state index >= 15 is 0 Å². The number of phenols is 1. The predicted octanol–water partition coefficient (Wildman–Crippen LogP) is 2.08. The zero-order valence-corrected chi connectivity index (χ0v) is 14.9. The molecule has 0 bridgehead atoms. The number of phenolic OH excluding ortho intramolecular Hbond substituents is 1. The maximum atomic E-state index is 10.1. The van der Waals surface area contributed by atoms with Crippen molar-refractivity contribution in [3.05, 3.63) is 23.8 Å². The normalized spacial score (nSPS) is 18.3. The van der Waals surface area contributed by atoms with Crippen LogP contribution >= 0.6 is 0 Å². The molecule has 0 aliphatic carbocycles. The molecule has 1 heterocycles. The Morgan fingerprint density at radius 3 is 2.65 bits per heavy atom. The fraction of sp³-hybridized carbons (Fsp3) is 0.667. The average Bonchev–Trinajstić information content (AvgIpc) is 2.54. The van der Waals surface area contributed by atoms with Gasteiger partial charge in [-0.25, -0.2) is 0 Å². The molecule has 2 rings (SSSR count). The first-order chi connectivity index (χ1) is 11.0. The van der Waals surface area contributed by atoms with Crippen LogP contribution in [0.4, 0.5) is 0 Å². The van der Waals surface area contributed by atoms with Crippen LogP contribution in [0.5, 0.6) is 11.5 Å². The molecule has 1 saturated heterocycles. The monoisotopic (exact) mass is 321 g/mol. The summed E-state index contributed by atoms with van der Waals surface area (Å²) in [4.78, 5) is 4.85. The van der Waals surface area contributed by atoms with Crippen molar-refractivity contribution in [2.24, 2.45) is 0 Å². The topological polar surface area (TPSA) is 48.0 Å². The zero-order valence-electron chi connectivity index (χ0n) is 14.9. The van der Waals surface area contributed by atoms with Crippen molar-refractivity contribution in [3.63, 3.8) is 0 Å². The minimum Gasteiger partial charge on any atom is -0.507 e. The first-order valence-electron chi connectivity index (χ1n) is 8.51. The second-order valence-electron chi connectivity index (χ2n) is 6.61. The predicted molar refractivity (Wildman–Crippen MR) is 94.2 cm³/mol. The van der Waals surface area contributed by atoms with Crippen LogP contribution in [-0.4, -0.2) is 68.3 Å². The van der Waals surface area contributed by atoms with E-state index in [-0.39, 0.29) is 11.8 Å². The maximum Gasteiger partial charge on any atom is 0.127 e. The molecule has 1 unspecified atom stereocenters. The highest BCUT2D eigenvalue weighted by atomic mass is 16.5. The lowest BCUT2D eigenvalue weighted by Crippen LogP contribution is -2.44. The third kappa shape index (κ3) is 4.83. The van der Waals surface area contributed by atoms with Crippen molar-refractivity contribution in [3.8, 4) is 11.5 Å². The van der Waals surface area contributed by atoms with E-state index in [9.17, 15) is 5.11 Å². The van der Waals surface area contributed by atoms with Crippen LogP contribution in [0.3, 0.4) is 0 Å². The number of rotatable bonds is 7. The van der Waals surface area contributed by atoms with Crippen molar-refractivity contribution in [2.45, 2.75) is 31.8 Å². The number of nitrogens with zero attached hydrogens (tertiary/aromatic N) is 2. The Morgan fingerprint density at radius 2 is 2.04 bits per heavy atom. The molecule has 5 heteroatoms. The van der Waals surface area contributed by atoms with Gasteiger partial charge in [0, 0.05) is 25.2 Å². The summed E-state index contributed by atoms with van der Waals surface area (Å²) in [5.41, 5.74) is 0.835. The molecule has 1 aliphatic rings. The molecule has 130 valence electrons. The zero-order chi connectivity index (χ0) is 16.8. The second kappa shape index (κ2) is 8.52. The highest BCUT2D eigenvalue weighted by Gasteiger charge is 2.20. The third-order valence-electron chi connectivity index (χ3n) is 4.86. The van der Waals surface area contributed by atoms with E-state index in [0.717, 1.165) is 30.4 Å². The van der Waals surface area contributed by atoms with Gasteiger partial charge in [-0.1, -0.05) is 6.07 Å². The van der Waals surface area contributed by atoms with Crippen LogP contribution < -0.4 is 10.1 Å². The van der Waals surface area contributed by atoms with Crippen LogP contribution in [-0.2, 0) is 0 Å². The molecule has 0 radical (unpaired) electrons. The summed E-state index contributed by atoms with van der Waals surface area (Å²) in [7, 11) is 5.98. The van der Waals surface area contributed by atoms with Crippen LogP contribution in [0.2, 0.25) is 0 Å². The molecular formula is C18H31N3O2. The first kappa shape index (κ1) is 18.0. The number of nitrogens with one attached hydrogen (secondary N) is 1. The molecule has 0 aromatic heterocycles. The van der Waals surface area contributed by atoms with E-state index in [1.807, 2.05) is 6.07 Å². The Balaban J connectivity index is 1.79. The smallest absolute Gasteiger partial charge is 0.127 e. The van der Waals surface area contributed by atoms with Gasteiger partial charge in [0.2, 0.25) is 0 Å². The Kier molecular flexibility index (Phi) is 6.69. The third-order valence-corrected chi connectivity index (χ3v) is 4.86. The van der Waals surface area contributed by atoms with Crippen molar-refractivity contribution < 1.29 is 9.84 Å². The Hall–Kier alpha value is -1.30. The van der Waals surface area contributed by atoms with Crippen LogP contribution in [0, 0.1) is 0 Å². The number of piperidine rings is 1. The van der Waals surface area contributed by atoms with E-state index in [2.05, 4.69) is 36.1 Å².